The Morgan fingerprint density at radius 2 is 2.32 bits per heavy atom. The average molecular weight is 319 g/mol. The van der Waals surface area contributed by atoms with E-state index in [1.807, 2.05) is 12.1 Å². The Balaban J connectivity index is 2.16. The minimum Gasteiger partial charge on any atom is -0.379 e. The molecule has 6 heteroatoms. The van der Waals surface area contributed by atoms with E-state index in [9.17, 15) is 4.79 Å². The van der Waals surface area contributed by atoms with Gasteiger partial charge in [-0.3, -0.25) is 9.78 Å². The van der Waals surface area contributed by atoms with E-state index in [4.69, 9.17) is 6.42 Å². The molecule has 0 saturated carbocycles. The van der Waals surface area contributed by atoms with Gasteiger partial charge in [0.25, 0.3) is 5.56 Å². The van der Waals surface area contributed by atoms with Crippen molar-refractivity contribution in [2.45, 2.75) is 13.1 Å². The molecule has 2 rings (SSSR count). The summed E-state index contributed by atoms with van der Waals surface area (Å²) in [5, 5.41) is 7.12. The van der Waals surface area contributed by atoms with Gasteiger partial charge in [-0.2, -0.15) is 5.10 Å². The molecule has 0 aromatic carbocycles. The number of rotatable bonds is 4. The van der Waals surface area contributed by atoms with Gasteiger partial charge in [-0.05, 0) is 27.6 Å². The van der Waals surface area contributed by atoms with Crippen molar-refractivity contribution < 1.29 is 0 Å². The van der Waals surface area contributed by atoms with E-state index in [1.54, 1.807) is 18.6 Å². The van der Waals surface area contributed by atoms with Gasteiger partial charge in [0.1, 0.15) is 11.0 Å². The normalized spacial score (nSPS) is 9.89. The van der Waals surface area contributed by atoms with Crippen molar-refractivity contribution in [3.8, 4) is 12.3 Å². The van der Waals surface area contributed by atoms with Crippen LogP contribution in [0.2, 0.25) is 0 Å². The van der Waals surface area contributed by atoms with E-state index in [0.717, 1.165) is 5.56 Å². The molecule has 0 aliphatic carbocycles. The third-order valence-electron chi connectivity index (χ3n) is 2.43. The van der Waals surface area contributed by atoms with Gasteiger partial charge in [0.2, 0.25) is 0 Å². The molecule has 0 unspecified atom stereocenters. The molecule has 0 saturated heterocycles. The molecule has 2 aromatic heterocycles. The SMILES string of the molecule is C#CCn1ncc(NCc2cccnc2)c(Br)c1=O. The van der Waals surface area contributed by atoms with Crippen molar-refractivity contribution in [2.75, 3.05) is 5.32 Å². The van der Waals surface area contributed by atoms with Gasteiger partial charge in [-0.15, -0.1) is 6.42 Å². The van der Waals surface area contributed by atoms with E-state index in [-0.39, 0.29) is 12.1 Å². The molecule has 0 bridgehead atoms. The maximum atomic E-state index is 11.9. The van der Waals surface area contributed by atoms with Gasteiger partial charge in [0.15, 0.2) is 0 Å². The van der Waals surface area contributed by atoms with Crippen molar-refractivity contribution in [2.24, 2.45) is 0 Å². The van der Waals surface area contributed by atoms with Crippen LogP contribution in [-0.2, 0) is 13.1 Å². The Kier molecular flexibility index (Phi) is 4.31. The highest BCUT2D eigenvalue weighted by Crippen LogP contribution is 2.16. The van der Waals surface area contributed by atoms with E-state index in [0.29, 0.717) is 16.7 Å². The lowest BCUT2D eigenvalue weighted by atomic mass is 10.3. The van der Waals surface area contributed by atoms with Crippen LogP contribution in [0.4, 0.5) is 5.69 Å². The molecule has 0 amide bonds. The average Bonchev–Trinajstić information content (AvgIpc) is 2.44. The summed E-state index contributed by atoms with van der Waals surface area (Å²) >= 11 is 3.25. The zero-order chi connectivity index (χ0) is 13.7. The minimum atomic E-state index is -0.255. The number of anilines is 1. The fraction of sp³-hybridized carbons (Fsp3) is 0.154. The van der Waals surface area contributed by atoms with E-state index < -0.39 is 0 Å². The van der Waals surface area contributed by atoms with Gasteiger partial charge in [-0.25, -0.2) is 4.68 Å². The maximum Gasteiger partial charge on any atom is 0.284 e. The minimum absolute atomic E-state index is 0.153. The van der Waals surface area contributed by atoms with Gasteiger partial charge < -0.3 is 5.32 Å². The second-order valence-electron chi connectivity index (χ2n) is 3.75. The van der Waals surface area contributed by atoms with Gasteiger partial charge >= 0.3 is 0 Å². The number of hydrogen-bond acceptors (Lipinski definition) is 4. The van der Waals surface area contributed by atoms with Gasteiger partial charge in [0, 0.05) is 18.9 Å². The van der Waals surface area contributed by atoms with Crippen LogP contribution in [0.15, 0.2) is 40.0 Å². The van der Waals surface area contributed by atoms with Crippen molar-refractivity contribution in [3.05, 3.63) is 51.1 Å². The monoisotopic (exact) mass is 318 g/mol. The first kappa shape index (κ1) is 13.3. The Labute approximate surface area is 118 Å². The molecule has 0 atom stereocenters. The largest absolute Gasteiger partial charge is 0.379 e. The van der Waals surface area contributed by atoms with Crippen LogP contribution in [0.25, 0.3) is 0 Å². The fourth-order valence-electron chi connectivity index (χ4n) is 1.49. The third kappa shape index (κ3) is 3.20. The van der Waals surface area contributed by atoms with E-state index in [2.05, 4.69) is 37.2 Å². The Morgan fingerprint density at radius 1 is 1.47 bits per heavy atom. The molecule has 2 heterocycles. The predicted octanol–water partition coefficient (Wildman–Crippen LogP) is 1.65. The summed E-state index contributed by atoms with van der Waals surface area (Å²) in [6, 6.07) is 3.80. The summed E-state index contributed by atoms with van der Waals surface area (Å²) in [5.74, 6) is 2.38. The van der Waals surface area contributed by atoms with Crippen LogP contribution in [0, 0.1) is 12.3 Å². The van der Waals surface area contributed by atoms with Crippen molar-refractivity contribution in [3.63, 3.8) is 0 Å². The quantitative estimate of drug-likeness (QED) is 0.871. The van der Waals surface area contributed by atoms with Gasteiger partial charge in [-0.1, -0.05) is 12.0 Å². The molecule has 0 radical (unpaired) electrons. The third-order valence-corrected chi connectivity index (χ3v) is 3.20. The molecule has 2 aromatic rings. The second kappa shape index (κ2) is 6.16. The van der Waals surface area contributed by atoms with E-state index >= 15 is 0 Å². The number of aromatic nitrogens is 3. The molecular weight excluding hydrogens is 308 g/mol. The van der Waals surface area contributed by atoms with Crippen LogP contribution in [0.1, 0.15) is 5.56 Å². The molecular formula is C13H11BrN4O. The Hall–Kier alpha value is -2.13. The highest BCUT2D eigenvalue weighted by molar-refractivity contribution is 9.10. The summed E-state index contributed by atoms with van der Waals surface area (Å²) in [6.45, 7) is 0.715. The molecule has 0 fully saturated rings. The summed E-state index contributed by atoms with van der Waals surface area (Å²) < 4.78 is 1.64. The first-order valence-electron chi connectivity index (χ1n) is 5.54. The lowest BCUT2D eigenvalue weighted by Crippen LogP contribution is -2.24. The fourth-order valence-corrected chi connectivity index (χ4v) is 1.93. The standard InChI is InChI=1S/C13H11BrN4O/c1-2-6-18-13(19)12(14)11(9-17-18)16-8-10-4-3-5-15-7-10/h1,3-5,7,9,16H,6,8H2. The van der Waals surface area contributed by atoms with Crippen molar-refractivity contribution >= 4 is 21.6 Å². The second-order valence-corrected chi connectivity index (χ2v) is 4.55. The molecule has 5 nitrogen and oxygen atoms in total. The summed E-state index contributed by atoms with van der Waals surface area (Å²) in [7, 11) is 0. The number of nitrogens with zero attached hydrogens (tertiary/aromatic N) is 3. The number of halogens is 1. The Morgan fingerprint density at radius 3 is 3.00 bits per heavy atom. The molecule has 0 spiro atoms. The highest BCUT2D eigenvalue weighted by Gasteiger charge is 2.07. The first-order chi connectivity index (χ1) is 9.22. The number of nitrogens with one attached hydrogen (secondary N) is 1. The topological polar surface area (TPSA) is 59.8 Å². The zero-order valence-corrected chi connectivity index (χ0v) is 11.6. The number of pyridine rings is 1. The molecule has 19 heavy (non-hydrogen) atoms. The predicted molar refractivity (Wildman–Crippen MR) is 76.6 cm³/mol. The molecule has 0 aliphatic rings. The maximum absolute atomic E-state index is 11.9. The lowest BCUT2D eigenvalue weighted by molar-refractivity contribution is 0.659. The van der Waals surface area contributed by atoms with Crippen LogP contribution in [-0.4, -0.2) is 14.8 Å². The van der Waals surface area contributed by atoms with Crippen LogP contribution >= 0.6 is 15.9 Å². The van der Waals surface area contributed by atoms with Crippen LogP contribution in [0.3, 0.4) is 0 Å². The van der Waals surface area contributed by atoms with E-state index in [1.165, 1.54) is 4.68 Å². The highest BCUT2D eigenvalue weighted by atomic mass is 79.9. The van der Waals surface area contributed by atoms with Crippen LogP contribution < -0.4 is 10.9 Å². The summed E-state index contributed by atoms with van der Waals surface area (Å²) in [6.07, 6.45) is 10.2. The number of hydrogen-bond donors (Lipinski definition) is 1. The van der Waals surface area contributed by atoms with Crippen molar-refractivity contribution in [1.82, 2.24) is 14.8 Å². The first-order valence-corrected chi connectivity index (χ1v) is 6.33. The smallest absolute Gasteiger partial charge is 0.284 e. The van der Waals surface area contributed by atoms with Crippen molar-refractivity contribution in [1.29, 1.82) is 0 Å². The molecule has 96 valence electrons. The number of terminal acetylenes is 1. The Bertz CT molecular complexity index is 661. The van der Waals surface area contributed by atoms with Crippen LogP contribution in [0.5, 0.6) is 0 Å². The molecule has 0 aliphatic heterocycles. The lowest BCUT2D eigenvalue weighted by Gasteiger charge is -2.09. The summed E-state index contributed by atoms with van der Waals surface area (Å²) in [5.41, 5.74) is 1.39. The summed E-state index contributed by atoms with van der Waals surface area (Å²) in [4.78, 5) is 15.9. The van der Waals surface area contributed by atoms with Gasteiger partial charge in [0.05, 0.1) is 11.9 Å². The zero-order valence-electron chi connectivity index (χ0n) is 10.0. The molecule has 1 N–H and O–H groups in total.